The summed E-state index contributed by atoms with van der Waals surface area (Å²) in [6.45, 7) is 0.726. The zero-order valence-corrected chi connectivity index (χ0v) is 14.3. The van der Waals surface area contributed by atoms with E-state index in [2.05, 4.69) is 4.72 Å². The minimum atomic E-state index is -3.67. The number of amides is 1. The predicted molar refractivity (Wildman–Crippen MR) is 93.5 cm³/mol. The molecule has 2 aromatic carbocycles. The van der Waals surface area contributed by atoms with Gasteiger partial charge in [-0.05, 0) is 53.8 Å². The molecule has 130 valence electrons. The first-order chi connectivity index (χ1) is 11.9. The van der Waals surface area contributed by atoms with E-state index >= 15 is 0 Å². The van der Waals surface area contributed by atoms with E-state index in [9.17, 15) is 17.6 Å². The molecule has 0 atom stereocenters. The molecule has 7 heteroatoms. The van der Waals surface area contributed by atoms with Crippen molar-refractivity contribution in [2.75, 3.05) is 16.2 Å². The van der Waals surface area contributed by atoms with Gasteiger partial charge in [-0.25, -0.2) is 12.8 Å². The average molecular weight is 360 g/mol. The summed E-state index contributed by atoms with van der Waals surface area (Å²) >= 11 is 0. The van der Waals surface area contributed by atoms with Crippen molar-refractivity contribution in [2.45, 2.75) is 25.0 Å². The van der Waals surface area contributed by atoms with E-state index in [0.717, 1.165) is 36.2 Å². The van der Waals surface area contributed by atoms with Crippen LogP contribution in [0.5, 0.6) is 0 Å². The van der Waals surface area contributed by atoms with Crippen molar-refractivity contribution in [3.8, 4) is 0 Å². The highest BCUT2D eigenvalue weighted by Crippen LogP contribution is 2.39. The second-order valence-electron chi connectivity index (χ2n) is 6.46. The van der Waals surface area contributed by atoms with Gasteiger partial charge in [0.05, 0.1) is 17.9 Å². The summed E-state index contributed by atoms with van der Waals surface area (Å²) in [7, 11) is -3.67. The molecule has 0 saturated carbocycles. The quantitative estimate of drug-likeness (QED) is 0.911. The summed E-state index contributed by atoms with van der Waals surface area (Å²) in [4.78, 5) is 13.9. The van der Waals surface area contributed by atoms with Crippen LogP contribution in [0.1, 0.15) is 23.1 Å². The monoisotopic (exact) mass is 360 g/mol. The third-order valence-corrected chi connectivity index (χ3v) is 5.79. The van der Waals surface area contributed by atoms with Crippen LogP contribution in [0.25, 0.3) is 0 Å². The van der Waals surface area contributed by atoms with Crippen LogP contribution in [0, 0.1) is 5.82 Å². The van der Waals surface area contributed by atoms with E-state index < -0.39 is 15.8 Å². The SMILES string of the molecule is O=C1Cc2cc(NS(=O)(=O)Cc3cccc(F)c3)cc3c2N1CCC3. The largest absolute Gasteiger partial charge is 0.312 e. The number of carbonyl (C=O) groups excluding carboxylic acids is 1. The van der Waals surface area contributed by atoms with Crippen molar-refractivity contribution >= 4 is 27.3 Å². The first-order valence-corrected chi connectivity index (χ1v) is 9.78. The minimum Gasteiger partial charge on any atom is -0.312 e. The van der Waals surface area contributed by atoms with E-state index in [1.165, 1.54) is 18.2 Å². The Bertz CT molecular complexity index is 972. The molecule has 0 bridgehead atoms. The number of aryl methyl sites for hydroxylation is 1. The maximum atomic E-state index is 13.2. The standard InChI is InChI=1S/C18H17FN2O3S/c19-15-5-1-3-12(7-15)11-25(23,24)20-16-8-13-4-2-6-21-17(22)10-14(9-16)18(13)21/h1,3,5,7-9,20H,2,4,6,10-11H2. The van der Waals surface area contributed by atoms with Gasteiger partial charge in [0.15, 0.2) is 0 Å². The van der Waals surface area contributed by atoms with E-state index in [1.807, 2.05) is 0 Å². The lowest BCUT2D eigenvalue weighted by Crippen LogP contribution is -2.31. The molecular weight excluding hydrogens is 343 g/mol. The van der Waals surface area contributed by atoms with E-state index in [4.69, 9.17) is 0 Å². The number of benzene rings is 2. The number of rotatable bonds is 4. The summed E-state index contributed by atoms with van der Waals surface area (Å²) < 4.78 is 40.6. The first kappa shape index (κ1) is 16.1. The fraction of sp³-hybridized carbons (Fsp3) is 0.278. The lowest BCUT2D eigenvalue weighted by Gasteiger charge is -2.26. The topological polar surface area (TPSA) is 66.5 Å². The molecule has 1 N–H and O–H groups in total. The molecule has 0 saturated heterocycles. The normalized spacial score (nSPS) is 16.0. The Kier molecular flexibility index (Phi) is 3.76. The number of carbonyl (C=O) groups is 1. The van der Waals surface area contributed by atoms with Crippen molar-refractivity contribution in [1.82, 2.24) is 0 Å². The lowest BCUT2D eigenvalue weighted by molar-refractivity contribution is -0.117. The molecule has 2 heterocycles. The highest BCUT2D eigenvalue weighted by atomic mass is 32.2. The third kappa shape index (κ3) is 3.11. The molecule has 2 aliphatic rings. The van der Waals surface area contributed by atoms with Gasteiger partial charge in [-0.3, -0.25) is 9.52 Å². The first-order valence-electron chi connectivity index (χ1n) is 8.12. The van der Waals surface area contributed by atoms with Crippen LogP contribution in [0.2, 0.25) is 0 Å². The van der Waals surface area contributed by atoms with E-state index in [1.54, 1.807) is 23.1 Å². The van der Waals surface area contributed by atoms with Crippen LogP contribution in [0.15, 0.2) is 36.4 Å². The Morgan fingerprint density at radius 2 is 1.96 bits per heavy atom. The van der Waals surface area contributed by atoms with Crippen LogP contribution in [0.3, 0.4) is 0 Å². The minimum absolute atomic E-state index is 0.0655. The maximum absolute atomic E-state index is 13.2. The fourth-order valence-electron chi connectivity index (χ4n) is 3.60. The van der Waals surface area contributed by atoms with Gasteiger partial charge in [0.25, 0.3) is 0 Å². The molecule has 2 aromatic rings. The molecular formula is C18H17FN2O3S. The molecule has 0 spiro atoms. The fourth-order valence-corrected chi connectivity index (χ4v) is 4.77. The molecule has 5 nitrogen and oxygen atoms in total. The smallest absolute Gasteiger partial charge is 0.236 e. The van der Waals surface area contributed by atoms with Crippen LogP contribution in [-0.2, 0) is 33.4 Å². The molecule has 4 rings (SSSR count). The number of anilines is 2. The molecule has 0 unspecified atom stereocenters. The van der Waals surface area contributed by atoms with Crippen molar-refractivity contribution in [3.05, 3.63) is 58.9 Å². The van der Waals surface area contributed by atoms with Gasteiger partial charge < -0.3 is 4.90 Å². The van der Waals surface area contributed by atoms with Gasteiger partial charge in [0.1, 0.15) is 5.82 Å². The Morgan fingerprint density at radius 3 is 2.76 bits per heavy atom. The van der Waals surface area contributed by atoms with Crippen molar-refractivity contribution in [2.24, 2.45) is 0 Å². The Balaban J connectivity index is 1.61. The van der Waals surface area contributed by atoms with Crippen molar-refractivity contribution in [3.63, 3.8) is 0 Å². The van der Waals surface area contributed by atoms with Crippen LogP contribution in [-0.4, -0.2) is 20.9 Å². The number of hydrogen-bond donors (Lipinski definition) is 1. The summed E-state index contributed by atoms with van der Waals surface area (Å²) in [5, 5.41) is 0. The van der Waals surface area contributed by atoms with E-state index in [-0.39, 0.29) is 11.7 Å². The summed E-state index contributed by atoms with van der Waals surface area (Å²) in [6, 6.07) is 9.07. The van der Waals surface area contributed by atoms with Gasteiger partial charge in [-0.1, -0.05) is 12.1 Å². The average Bonchev–Trinajstić information content (AvgIpc) is 2.84. The number of nitrogens with one attached hydrogen (secondary N) is 1. The zero-order valence-electron chi connectivity index (χ0n) is 13.5. The van der Waals surface area contributed by atoms with Crippen molar-refractivity contribution in [1.29, 1.82) is 0 Å². The Labute approximate surface area is 145 Å². The van der Waals surface area contributed by atoms with Crippen molar-refractivity contribution < 1.29 is 17.6 Å². The van der Waals surface area contributed by atoms with Gasteiger partial charge in [0.2, 0.25) is 15.9 Å². The number of nitrogens with zero attached hydrogens (tertiary/aromatic N) is 1. The highest BCUT2D eigenvalue weighted by molar-refractivity contribution is 7.91. The second kappa shape index (κ2) is 5.84. The maximum Gasteiger partial charge on any atom is 0.236 e. The molecule has 0 aromatic heterocycles. The molecule has 25 heavy (non-hydrogen) atoms. The van der Waals surface area contributed by atoms with Gasteiger partial charge in [-0.2, -0.15) is 0 Å². The molecule has 1 amide bonds. The predicted octanol–water partition coefficient (Wildman–Crippen LogP) is 2.60. The van der Waals surface area contributed by atoms with Crippen LogP contribution >= 0.6 is 0 Å². The van der Waals surface area contributed by atoms with Crippen LogP contribution < -0.4 is 9.62 Å². The summed E-state index contributed by atoms with van der Waals surface area (Å²) in [6.07, 6.45) is 2.01. The van der Waals surface area contributed by atoms with Gasteiger partial charge in [-0.15, -0.1) is 0 Å². The number of sulfonamides is 1. The third-order valence-electron chi connectivity index (χ3n) is 4.53. The van der Waals surface area contributed by atoms with Gasteiger partial charge in [0, 0.05) is 12.2 Å². The van der Waals surface area contributed by atoms with E-state index in [0.29, 0.717) is 17.7 Å². The lowest BCUT2D eigenvalue weighted by atomic mass is 9.99. The van der Waals surface area contributed by atoms with Gasteiger partial charge >= 0.3 is 0 Å². The van der Waals surface area contributed by atoms with Crippen LogP contribution in [0.4, 0.5) is 15.8 Å². The molecule has 0 radical (unpaired) electrons. The Morgan fingerprint density at radius 1 is 1.16 bits per heavy atom. The molecule has 0 aliphatic carbocycles. The number of halogens is 1. The number of hydrogen-bond acceptors (Lipinski definition) is 3. The Hall–Kier alpha value is -2.41. The molecule has 0 fully saturated rings. The zero-order chi connectivity index (χ0) is 17.6. The summed E-state index contributed by atoms with van der Waals surface area (Å²) in [5.74, 6) is -0.702. The summed E-state index contributed by atoms with van der Waals surface area (Å²) in [5.41, 5.74) is 3.66. The second-order valence-corrected chi connectivity index (χ2v) is 8.18. The molecule has 2 aliphatic heterocycles. The highest BCUT2D eigenvalue weighted by Gasteiger charge is 2.32.